The van der Waals surface area contributed by atoms with Gasteiger partial charge in [-0.15, -0.1) is 0 Å². The van der Waals surface area contributed by atoms with Gasteiger partial charge in [-0.3, -0.25) is 4.79 Å². The SMILES string of the molecule is C[C@@H]1CN(C(=O)c2ccccc2O)[C@@H]1c1ccccc1. The number of phenolic OH excluding ortho intramolecular Hbond substituents is 1. The van der Waals surface area contributed by atoms with Crippen LogP contribution in [-0.2, 0) is 0 Å². The number of phenols is 1. The van der Waals surface area contributed by atoms with Gasteiger partial charge in [0.15, 0.2) is 0 Å². The third-order valence-electron chi connectivity index (χ3n) is 3.90. The summed E-state index contributed by atoms with van der Waals surface area (Å²) in [4.78, 5) is 14.4. The van der Waals surface area contributed by atoms with Crippen LogP contribution in [-0.4, -0.2) is 22.5 Å². The van der Waals surface area contributed by atoms with Gasteiger partial charge in [-0.05, 0) is 23.6 Å². The third-order valence-corrected chi connectivity index (χ3v) is 3.90. The molecule has 0 aliphatic carbocycles. The van der Waals surface area contributed by atoms with Crippen LogP contribution < -0.4 is 0 Å². The molecule has 1 heterocycles. The van der Waals surface area contributed by atoms with Crippen LogP contribution in [0.25, 0.3) is 0 Å². The summed E-state index contributed by atoms with van der Waals surface area (Å²) in [5, 5.41) is 9.82. The van der Waals surface area contributed by atoms with Gasteiger partial charge in [-0.1, -0.05) is 49.4 Å². The second kappa shape index (κ2) is 5.00. The van der Waals surface area contributed by atoms with Gasteiger partial charge in [0.25, 0.3) is 5.91 Å². The second-order valence-corrected chi connectivity index (χ2v) is 5.31. The van der Waals surface area contributed by atoms with E-state index in [0.717, 1.165) is 12.1 Å². The van der Waals surface area contributed by atoms with Crippen LogP contribution in [0, 0.1) is 5.92 Å². The van der Waals surface area contributed by atoms with Gasteiger partial charge in [0.1, 0.15) is 5.75 Å². The van der Waals surface area contributed by atoms with Crippen molar-refractivity contribution < 1.29 is 9.90 Å². The van der Waals surface area contributed by atoms with Gasteiger partial charge < -0.3 is 10.0 Å². The van der Waals surface area contributed by atoms with Crippen LogP contribution in [0.5, 0.6) is 5.75 Å². The first-order valence-corrected chi connectivity index (χ1v) is 6.82. The molecule has 0 unspecified atom stereocenters. The minimum Gasteiger partial charge on any atom is -0.507 e. The van der Waals surface area contributed by atoms with Crippen molar-refractivity contribution in [2.75, 3.05) is 6.54 Å². The fourth-order valence-corrected chi connectivity index (χ4v) is 2.87. The number of amides is 1. The Balaban J connectivity index is 1.88. The number of carbonyl (C=O) groups is 1. The standard InChI is InChI=1S/C17H17NO2/c1-12-11-18(16(12)13-7-3-2-4-8-13)17(20)14-9-5-6-10-15(14)19/h2-10,12,16,19H,11H2,1H3/t12-,16+/m1/s1. The van der Waals surface area contributed by atoms with E-state index in [9.17, 15) is 9.90 Å². The molecule has 3 nitrogen and oxygen atoms in total. The Bertz CT molecular complexity index is 624. The Morgan fingerprint density at radius 1 is 1.10 bits per heavy atom. The molecule has 0 spiro atoms. The number of para-hydroxylation sites is 1. The fourth-order valence-electron chi connectivity index (χ4n) is 2.87. The number of carbonyl (C=O) groups excluding carboxylic acids is 1. The average Bonchev–Trinajstić information content (AvgIpc) is 2.45. The van der Waals surface area contributed by atoms with E-state index in [1.807, 2.05) is 35.2 Å². The first-order chi connectivity index (χ1) is 9.68. The van der Waals surface area contributed by atoms with E-state index in [1.165, 1.54) is 0 Å². The van der Waals surface area contributed by atoms with E-state index < -0.39 is 0 Å². The second-order valence-electron chi connectivity index (χ2n) is 5.31. The number of rotatable bonds is 2. The summed E-state index contributed by atoms with van der Waals surface area (Å²) in [5.41, 5.74) is 1.52. The van der Waals surface area contributed by atoms with E-state index in [4.69, 9.17) is 0 Å². The molecule has 20 heavy (non-hydrogen) atoms. The smallest absolute Gasteiger partial charge is 0.258 e. The zero-order valence-corrected chi connectivity index (χ0v) is 11.4. The van der Waals surface area contributed by atoms with Crippen molar-refractivity contribution in [1.82, 2.24) is 4.90 Å². The van der Waals surface area contributed by atoms with E-state index in [2.05, 4.69) is 6.92 Å². The molecule has 2 aromatic carbocycles. The minimum absolute atomic E-state index is 0.0452. The minimum atomic E-state index is -0.102. The first-order valence-electron chi connectivity index (χ1n) is 6.82. The maximum Gasteiger partial charge on any atom is 0.258 e. The summed E-state index contributed by atoms with van der Waals surface area (Å²) >= 11 is 0. The molecule has 1 aliphatic rings. The van der Waals surface area contributed by atoms with Crippen LogP contribution in [0.15, 0.2) is 54.6 Å². The van der Waals surface area contributed by atoms with Crippen LogP contribution in [0.2, 0.25) is 0 Å². The summed E-state index contributed by atoms with van der Waals surface area (Å²) < 4.78 is 0. The van der Waals surface area contributed by atoms with Gasteiger partial charge in [0, 0.05) is 6.54 Å². The number of aromatic hydroxyl groups is 1. The van der Waals surface area contributed by atoms with E-state index in [-0.39, 0.29) is 17.7 Å². The van der Waals surface area contributed by atoms with Crippen molar-refractivity contribution >= 4 is 5.91 Å². The topological polar surface area (TPSA) is 40.5 Å². The molecular weight excluding hydrogens is 250 g/mol. The summed E-state index contributed by atoms with van der Waals surface area (Å²) in [6.45, 7) is 2.87. The van der Waals surface area contributed by atoms with Crippen molar-refractivity contribution in [2.24, 2.45) is 5.92 Å². The Morgan fingerprint density at radius 2 is 1.75 bits per heavy atom. The van der Waals surface area contributed by atoms with Crippen molar-refractivity contribution in [1.29, 1.82) is 0 Å². The van der Waals surface area contributed by atoms with Crippen molar-refractivity contribution in [3.63, 3.8) is 0 Å². The molecular formula is C17H17NO2. The predicted octanol–water partition coefficient (Wildman–Crippen LogP) is 3.23. The molecule has 0 saturated carbocycles. The van der Waals surface area contributed by atoms with Gasteiger partial charge >= 0.3 is 0 Å². The summed E-state index contributed by atoms with van der Waals surface area (Å²) in [6.07, 6.45) is 0. The molecule has 102 valence electrons. The summed E-state index contributed by atoms with van der Waals surface area (Å²) in [7, 11) is 0. The Labute approximate surface area is 118 Å². The van der Waals surface area contributed by atoms with Gasteiger partial charge in [-0.2, -0.15) is 0 Å². The van der Waals surface area contributed by atoms with Gasteiger partial charge in [0.2, 0.25) is 0 Å². The molecule has 1 saturated heterocycles. The number of hydrogen-bond donors (Lipinski definition) is 1. The largest absolute Gasteiger partial charge is 0.507 e. The molecule has 1 aliphatic heterocycles. The zero-order chi connectivity index (χ0) is 14.1. The quantitative estimate of drug-likeness (QED) is 0.907. The lowest BCUT2D eigenvalue weighted by Gasteiger charge is -2.47. The highest BCUT2D eigenvalue weighted by molar-refractivity contribution is 5.97. The van der Waals surface area contributed by atoms with Crippen molar-refractivity contribution in [3.05, 3.63) is 65.7 Å². The molecule has 3 rings (SSSR count). The summed E-state index contributed by atoms with van der Waals surface area (Å²) in [6, 6.07) is 16.9. The molecule has 0 bridgehead atoms. The highest BCUT2D eigenvalue weighted by Crippen LogP contribution is 2.40. The normalized spacial score (nSPS) is 21.4. The molecule has 2 aromatic rings. The Kier molecular flexibility index (Phi) is 3.18. The van der Waals surface area contributed by atoms with Crippen LogP contribution >= 0.6 is 0 Å². The van der Waals surface area contributed by atoms with Crippen LogP contribution in [0.1, 0.15) is 28.9 Å². The number of likely N-dealkylation sites (tertiary alicyclic amines) is 1. The maximum atomic E-state index is 12.5. The maximum absolute atomic E-state index is 12.5. The van der Waals surface area contributed by atoms with Gasteiger partial charge in [-0.25, -0.2) is 0 Å². The molecule has 2 atom stereocenters. The van der Waals surface area contributed by atoms with Crippen molar-refractivity contribution in [3.8, 4) is 5.75 Å². The average molecular weight is 267 g/mol. The third kappa shape index (κ3) is 2.05. The number of hydrogen-bond acceptors (Lipinski definition) is 2. The first kappa shape index (κ1) is 12.7. The number of nitrogens with zero attached hydrogens (tertiary/aromatic N) is 1. The zero-order valence-electron chi connectivity index (χ0n) is 11.4. The van der Waals surface area contributed by atoms with E-state index in [0.29, 0.717) is 11.5 Å². The fraction of sp³-hybridized carbons (Fsp3) is 0.235. The lowest BCUT2D eigenvalue weighted by Crippen LogP contribution is -2.51. The summed E-state index contributed by atoms with van der Waals surface area (Å²) in [5.74, 6) is 0.381. The Hall–Kier alpha value is -2.29. The highest BCUT2D eigenvalue weighted by atomic mass is 16.3. The van der Waals surface area contributed by atoms with Gasteiger partial charge in [0.05, 0.1) is 11.6 Å². The lowest BCUT2D eigenvalue weighted by molar-refractivity contribution is 0.0195. The molecule has 0 aromatic heterocycles. The monoisotopic (exact) mass is 267 g/mol. The molecule has 3 heteroatoms. The van der Waals surface area contributed by atoms with Crippen LogP contribution in [0.4, 0.5) is 0 Å². The molecule has 1 amide bonds. The van der Waals surface area contributed by atoms with E-state index in [1.54, 1.807) is 24.3 Å². The predicted molar refractivity (Wildman–Crippen MR) is 77.5 cm³/mol. The number of benzene rings is 2. The molecule has 0 radical (unpaired) electrons. The molecule has 1 N–H and O–H groups in total. The lowest BCUT2D eigenvalue weighted by atomic mass is 9.84. The van der Waals surface area contributed by atoms with E-state index >= 15 is 0 Å². The highest BCUT2D eigenvalue weighted by Gasteiger charge is 2.40. The molecule has 1 fully saturated rings. The Morgan fingerprint density at radius 3 is 2.40 bits per heavy atom. The van der Waals surface area contributed by atoms with Crippen LogP contribution in [0.3, 0.4) is 0 Å². The van der Waals surface area contributed by atoms with Crippen molar-refractivity contribution in [2.45, 2.75) is 13.0 Å².